The van der Waals surface area contributed by atoms with Crippen LogP contribution in [0.1, 0.15) is 69.8 Å². The molecular formula is C21H29NO4. The van der Waals surface area contributed by atoms with Gasteiger partial charge in [0.1, 0.15) is 18.2 Å². The van der Waals surface area contributed by atoms with Crippen molar-refractivity contribution in [3.05, 3.63) is 35.9 Å². The van der Waals surface area contributed by atoms with Gasteiger partial charge in [-0.15, -0.1) is 0 Å². The fourth-order valence-electron chi connectivity index (χ4n) is 3.96. The predicted molar refractivity (Wildman–Crippen MR) is 98.5 cm³/mol. The van der Waals surface area contributed by atoms with Crippen LogP contribution in [0, 0.1) is 0 Å². The molecule has 0 radical (unpaired) electrons. The Balaban J connectivity index is 1.59. The molecule has 0 aromatic heterocycles. The summed E-state index contributed by atoms with van der Waals surface area (Å²) in [5, 5.41) is 2.88. The molecule has 1 aromatic carbocycles. The smallest absolute Gasteiger partial charge is 0.408 e. The second-order valence-corrected chi connectivity index (χ2v) is 7.49. The van der Waals surface area contributed by atoms with E-state index in [1.54, 1.807) is 0 Å². The Morgan fingerprint density at radius 3 is 2.31 bits per heavy atom. The highest BCUT2D eigenvalue weighted by Gasteiger charge is 2.43. The molecular weight excluding hydrogens is 330 g/mol. The van der Waals surface area contributed by atoms with Crippen LogP contribution in [-0.2, 0) is 20.9 Å². The van der Waals surface area contributed by atoms with Crippen LogP contribution in [0.15, 0.2) is 30.3 Å². The standard InChI is InChI=1S/C21H29NO4/c23-19(25-16-17-10-4-1-5-11-17)21(14-8-3-9-15-21)22-20(24)26-18-12-6-2-7-13-18/h1,4-5,10-11,18H,2-3,6-9,12-16H2,(H,22,24). The fraction of sp³-hybridized carbons (Fsp3) is 0.619. The quantitative estimate of drug-likeness (QED) is 0.787. The summed E-state index contributed by atoms with van der Waals surface area (Å²) >= 11 is 0. The van der Waals surface area contributed by atoms with Crippen LogP contribution < -0.4 is 5.32 Å². The minimum absolute atomic E-state index is 0.0234. The van der Waals surface area contributed by atoms with E-state index in [1.165, 1.54) is 6.42 Å². The highest BCUT2D eigenvalue weighted by molar-refractivity contribution is 5.86. The number of hydrogen-bond donors (Lipinski definition) is 1. The van der Waals surface area contributed by atoms with Crippen molar-refractivity contribution >= 4 is 12.1 Å². The van der Waals surface area contributed by atoms with Gasteiger partial charge in [-0.1, -0.05) is 56.0 Å². The van der Waals surface area contributed by atoms with E-state index in [2.05, 4.69) is 5.32 Å². The van der Waals surface area contributed by atoms with E-state index < -0.39 is 11.6 Å². The number of benzene rings is 1. The lowest BCUT2D eigenvalue weighted by Gasteiger charge is -2.35. The van der Waals surface area contributed by atoms with Gasteiger partial charge in [-0.05, 0) is 44.1 Å². The largest absolute Gasteiger partial charge is 0.459 e. The van der Waals surface area contributed by atoms with E-state index in [-0.39, 0.29) is 18.7 Å². The van der Waals surface area contributed by atoms with Crippen molar-refractivity contribution < 1.29 is 19.1 Å². The van der Waals surface area contributed by atoms with Gasteiger partial charge in [0.25, 0.3) is 0 Å². The number of rotatable bonds is 5. The van der Waals surface area contributed by atoms with Gasteiger partial charge in [-0.3, -0.25) is 0 Å². The van der Waals surface area contributed by atoms with E-state index >= 15 is 0 Å². The van der Waals surface area contributed by atoms with Gasteiger partial charge < -0.3 is 14.8 Å². The number of ether oxygens (including phenoxy) is 2. The number of carbonyl (C=O) groups excluding carboxylic acids is 2. The molecule has 26 heavy (non-hydrogen) atoms. The summed E-state index contributed by atoms with van der Waals surface area (Å²) in [7, 11) is 0. The molecule has 3 rings (SSSR count). The van der Waals surface area contributed by atoms with Crippen LogP contribution in [0.3, 0.4) is 0 Å². The minimum Gasteiger partial charge on any atom is -0.459 e. The average Bonchev–Trinajstić information content (AvgIpc) is 2.68. The summed E-state index contributed by atoms with van der Waals surface area (Å²) in [5.41, 5.74) is -0.00437. The van der Waals surface area contributed by atoms with Crippen molar-refractivity contribution in [2.75, 3.05) is 0 Å². The van der Waals surface area contributed by atoms with Gasteiger partial charge in [-0.2, -0.15) is 0 Å². The Morgan fingerprint density at radius 2 is 1.62 bits per heavy atom. The number of hydrogen-bond acceptors (Lipinski definition) is 4. The molecule has 2 aliphatic carbocycles. The van der Waals surface area contributed by atoms with E-state index in [0.29, 0.717) is 12.8 Å². The molecule has 1 N–H and O–H groups in total. The van der Waals surface area contributed by atoms with Gasteiger partial charge in [0.2, 0.25) is 0 Å². The maximum atomic E-state index is 12.8. The zero-order valence-electron chi connectivity index (χ0n) is 15.4. The second-order valence-electron chi connectivity index (χ2n) is 7.49. The molecule has 0 heterocycles. The normalized spacial score (nSPS) is 20.2. The van der Waals surface area contributed by atoms with Crippen LogP contribution in [0.25, 0.3) is 0 Å². The first-order valence-corrected chi connectivity index (χ1v) is 9.88. The number of nitrogens with one attached hydrogen (secondary N) is 1. The maximum Gasteiger partial charge on any atom is 0.408 e. The Kier molecular flexibility index (Phi) is 6.53. The van der Waals surface area contributed by atoms with Crippen LogP contribution >= 0.6 is 0 Å². The molecule has 1 amide bonds. The third-order valence-electron chi connectivity index (χ3n) is 5.48. The predicted octanol–water partition coefficient (Wildman–Crippen LogP) is 4.49. The molecule has 0 saturated heterocycles. The first-order chi connectivity index (χ1) is 12.7. The summed E-state index contributed by atoms with van der Waals surface area (Å²) in [6, 6.07) is 9.60. The van der Waals surface area contributed by atoms with Gasteiger partial charge >= 0.3 is 12.1 Å². The molecule has 142 valence electrons. The van der Waals surface area contributed by atoms with E-state index in [0.717, 1.165) is 50.5 Å². The van der Waals surface area contributed by atoms with Crippen LogP contribution in [0.5, 0.6) is 0 Å². The van der Waals surface area contributed by atoms with Crippen molar-refractivity contribution in [1.29, 1.82) is 0 Å². The molecule has 0 spiro atoms. The lowest BCUT2D eigenvalue weighted by Crippen LogP contribution is -2.56. The molecule has 5 nitrogen and oxygen atoms in total. The average molecular weight is 359 g/mol. The molecule has 0 bridgehead atoms. The zero-order valence-corrected chi connectivity index (χ0v) is 15.4. The maximum absolute atomic E-state index is 12.8. The highest BCUT2D eigenvalue weighted by Crippen LogP contribution is 2.30. The molecule has 0 aliphatic heterocycles. The Hall–Kier alpha value is -2.04. The summed E-state index contributed by atoms with van der Waals surface area (Å²) in [6.07, 6.45) is 8.85. The van der Waals surface area contributed by atoms with Crippen molar-refractivity contribution in [2.24, 2.45) is 0 Å². The van der Waals surface area contributed by atoms with E-state index in [4.69, 9.17) is 9.47 Å². The Bertz CT molecular complexity index is 589. The summed E-state index contributed by atoms with van der Waals surface area (Å²) in [4.78, 5) is 25.3. The van der Waals surface area contributed by atoms with Gasteiger partial charge in [0.05, 0.1) is 0 Å². The Morgan fingerprint density at radius 1 is 0.962 bits per heavy atom. The molecule has 2 saturated carbocycles. The van der Waals surface area contributed by atoms with Crippen molar-refractivity contribution in [1.82, 2.24) is 5.32 Å². The SMILES string of the molecule is O=C(NC1(C(=O)OCc2ccccc2)CCCCC1)OC1CCCCC1. The Labute approximate surface area is 155 Å². The van der Waals surface area contributed by atoms with Gasteiger partial charge in [0, 0.05) is 0 Å². The number of amides is 1. The van der Waals surface area contributed by atoms with Crippen LogP contribution in [-0.4, -0.2) is 23.7 Å². The van der Waals surface area contributed by atoms with Crippen molar-refractivity contribution in [3.63, 3.8) is 0 Å². The fourth-order valence-corrected chi connectivity index (χ4v) is 3.96. The minimum atomic E-state index is -0.946. The molecule has 2 fully saturated rings. The lowest BCUT2D eigenvalue weighted by atomic mass is 9.82. The number of carbonyl (C=O) groups is 2. The summed E-state index contributed by atoms with van der Waals surface area (Å²) < 4.78 is 11.1. The number of esters is 1. The van der Waals surface area contributed by atoms with Crippen molar-refractivity contribution in [2.45, 2.75) is 82.5 Å². The highest BCUT2D eigenvalue weighted by atomic mass is 16.6. The third kappa shape index (κ3) is 4.99. The first kappa shape index (κ1) is 18.7. The number of alkyl carbamates (subject to hydrolysis) is 1. The van der Waals surface area contributed by atoms with Gasteiger partial charge in [-0.25, -0.2) is 9.59 Å². The third-order valence-corrected chi connectivity index (χ3v) is 5.48. The monoisotopic (exact) mass is 359 g/mol. The molecule has 0 unspecified atom stereocenters. The zero-order chi connectivity index (χ0) is 18.2. The van der Waals surface area contributed by atoms with Crippen LogP contribution in [0.2, 0.25) is 0 Å². The van der Waals surface area contributed by atoms with Gasteiger partial charge in [0.15, 0.2) is 0 Å². The van der Waals surface area contributed by atoms with Crippen LogP contribution in [0.4, 0.5) is 4.79 Å². The van der Waals surface area contributed by atoms with E-state index in [9.17, 15) is 9.59 Å². The first-order valence-electron chi connectivity index (χ1n) is 9.88. The molecule has 5 heteroatoms. The van der Waals surface area contributed by atoms with E-state index in [1.807, 2.05) is 30.3 Å². The molecule has 0 atom stereocenters. The lowest BCUT2D eigenvalue weighted by molar-refractivity contribution is -0.154. The van der Waals surface area contributed by atoms with Crippen molar-refractivity contribution in [3.8, 4) is 0 Å². The topological polar surface area (TPSA) is 64.6 Å². The molecule has 2 aliphatic rings. The molecule has 1 aromatic rings. The summed E-state index contributed by atoms with van der Waals surface area (Å²) in [5.74, 6) is -0.346. The summed E-state index contributed by atoms with van der Waals surface area (Å²) in [6.45, 7) is 0.223. The second kappa shape index (κ2) is 9.06.